The van der Waals surface area contributed by atoms with Gasteiger partial charge in [-0.25, -0.2) is 0 Å². The Morgan fingerprint density at radius 3 is 2.59 bits per heavy atom. The van der Waals surface area contributed by atoms with Crippen LogP contribution in [0, 0.1) is 5.92 Å². The Morgan fingerprint density at radius 2 is 2.06 bits per heavy atom. The average molecular weight is 241 g/mol. The fraction of sp³-hybridized carbons (Fsp3) is 1.00. The zero-order chi connectivity index (χ0) is 12.1. The maximum Gasteiger partial charge on any atom is 0.0509 e. The van der Waals surface area contributed by atoms with Gasteiger partial charge < -0.3 is 15.4 Å². The van der Waals surface area contributed by atoms with E-state index >= 15 is 0 Å². The summed E-state index contributed by atoms with van der Waals surface area (Å²) in [5.74, 6) is 0.655. The minimum Gasteiger partial charge on any atom is -0.381 e. The summed E-state index contributed by atoms with van der Waals surface area (Å²) in [6.07, 6.45) is 2.49. The maximum atomic E-state index is 5.99. The molecule has 2 heterocycles. The number of ether oxygens (including phenoxy) is 1. The first kappa shape index (κ1) is 13.3. The lowest BCUT2D eigenvalue weighted by Gasteiger charge is -2.42. The molecule has 2 unspecified atom stereocenters. The van der Waals surface area contributed by atoms with Crippen LogP contribution >= 0.6 is 0 Å². The summed E-state index contributed by atoms with van der Waals surface area (Å²) in [5.41, 5.74) is 5.99. The van der Waals surface area contributed by atoms with Crippen molar-refractivity contribution in [1.82, 2.24) is 9.80 Å². The monoisotopic (exact) mass is 241 g/mol. The summed E-state index contributed by atoms with van der Waals surface area (Å²) in [6.45, 7) is 10.8. The van der Waals surface area contributed by atoms with Crippen LogP contribution in [0.15, 0.2) is 0 Å². The molecule has 0 spiro atoms. The Labute approximate surface area is 105 Å². The topological polar surface area (TPSA) is 41.7 Å². The Bertz CT molecular complexity index is 211. The largest absolute Gasteiger partial charge is 0.381 e. The van der Waals surface area contributed by atoms with E-state index in [-0.39, 0.29) is 0 Å². The third-order valence-corrected chi connectivity index (χ3v) is 4.30. The molecule has 17 heavy (non-hydrogen) atoms. The summed E-state index contributed by atoms with van der Waals surface area (Å²) >= 11 is 0. The second-order valence-corrected chi connectivity index (χ2v) is 5.25. The number of piperazine rings is 1. The van der Waals surface area contributed by atoms with E-state index in [1.54, 1.807) is 0 Å². The molecule has 0 aromatic heterocycles. The van der Waals surface area contributed by atoms with Crippen LogP contribution in [0.3, 0.4) is 0 Å². The van der Waals surface area contributed by atoms with Crippen molar-refractivity contribution in [2.45, 2.75) is 25.8 Å². The SMILES string of the molecule is CCN1CCN(C(CN)C2CCCOC2)CC1. The molecule has 2 saturated heterocycles. The highest BCUT2D eigenvalue weighted by Crippen LogP contribution is 2.22. The van der Waals surface area contributed by atoms with Crippen molar-refractivity contribution in [2.24, 2.45) is 11.7 Å². The zero-order valence-corrected chi connectivity index (χ0v) is 11.1. The normalized spacial score (nSPS) is 30.4. The second kappa shape index (κ2) is 6.69. The molecule has 2 aliphatic heterocycles. The van der Waals surface area contributed by atoms with Crippen LogP contribution in [-0.2, 0) is 4.74 Å². The molecule has 2 fully saturated rings. The van der Waals surface area contributed by atoms with Gasteiger partial charge in [-0.1, -0.05) is 6.92 Å². The van der Waals surface area contributed by atoms with E-state index in [2.05, 4.69) is 16.7 Å². The lowest BCUT2D eigenvalue weighted by atomic mass is 9.92. The minimum atomic E-state index is 0.536. The van der Waals surface area contributed by atoms with Gasteiger partial charge in [0.05, 0.1) is 6.61 Å². The third kappa shape index (κ3) is 3.41. The highest BCUT2D eigenvalue weighted by molar-refractivity contribution is 4.85. The van der Waals surface area contributed by atoms with Crippen molar-refractivity contribution >= 4 is 0 Å². The van der Waals surface area contributed by atoms with E-state index in [0.29, 0.717) is 12.0 Å². The fourth-order valence-corrected chi connectivity index (χ4v) is 3.12. The van der Waals surface area contributed by atoms with Crippen molar-refractivity contribution in [1.29, 1.82) is 0 Å². The van der Waals surface area contributed by atoms with E-state index in [4.69, 9.17) is 10.5 Å². The van der Waals surface area contributed by atoms with Crippen molar-refractivity contribution in [3.05, 3.63) is 0 Å². The van der Waals surface area contributed by atoms with E-state index in [1.807, 2.05) is 0 Å². The van der Waals surface area contributed by atoms with Gasteiger partial charge in [0.2, 0.25) is 0 Å². The number of hydrogen-bond donors (Lipinski definition) is 1. The van der Waals surface area contributed by atoms with Crippen LogP contribution in [0.2, 0.25) is 0 Å². The fourth-order valence-electron chi connectivity index (χ4n) is 3.12. The molecule has 2 rings (SSSR count). The van der Waals surface area contributed by atoms with Gasteiger partial charge in [-0.15, -0.1) is 0 Å². The van der Waals surface area contributed by atoms with Gasteiger partial charge >= 0.3 is 0 Å². The van der Waals surface area contributed by atoms with Crippen LogP contribution < -0.4 is 5.73 Å². The second-order valence-electron chi connectivity index (χ2n) is 5.25. The molecular weight excluding hydrogens is 214 g/mol. The standard InChI is InChI=1S/C13H27N3O/c1-2-15-5-7-16(8-6-15)13(10-14)12-4-3-9-17-11-12/h12-13H,2-11,14H2,1H3. The summed E-state index contributed by atoms with van der Waals surface area (Å²) in [5, 5.41) is 0. The number of nitrogens with two attached hydrogens (primary N) is 1. The first-order valence-electron chi connectivity index (χ1n) is 7.09. The van der Waals surface area contributed by atoms with E-state index in [1.165, 1.54) is 45.6 Å². The van der Waals surface area contributed by atoms with Crippen molar-refractivity contribution in [3.8, 4) is 0 Å². The molecule has 0 saturated carbocycles. The molecule has 2 aliphatic rings. The average Bonchev–Trinajstić information content (AvgIpc) is 2.42. The predicted molar refractivity (Wildman–Crippen MR) is 70.1 cm³/mol. The van der Waals surface area contributed by atoms with Crippen molar-refractivity contribution < 1.29 is 4.74 Å². The van der Waals surface area contributed by atoms with E-state index in [9.17, 15) is 0 Å². The summed E-state index contributed by atoms with van der Waals surface area (Å²) in [7, 11) is 0. The first-order chi connectivity index (χ1) is 8.35. The number of rotatable bonds is 4. The molecule has 100 valence electrons. The molecule has 0 bridgehead atoms. The molecule has 2 atom stereocenters. The predicted octanol–water partition coefficient (Wildman–Crippen LogP) is 0.378. The minimum absolute atomic E-state index is 0.536. The molecule has 0 amide bonds. The highest BCUT2D eigenvalue weighted by atomic mass is 16.5. The van der Waals surface area contributed by atoms with Gasteiger partial charge in [0.25, 0.3) is 0 Å². The maximum absolute atomic E-state index is 5.99. The molecule has 0 aliphatic carbocycles. The third-order valence-electron chi connectivity index (χ3n) is 4.30. The van der Waals surface area contributed by atoms with Gasteiger partial charge in [-0.3, -0.25) is 4.90 Å². The molecule has 0 radical (unpaired) electrons. The van der Waals surface area contributed by atoms with E-state index < -0.39 is 0 Å². The number of likely N-dealkylation sites (N-methyl/N-ethyl adjacent to an activating group) is 1. The lowest BCUT2D eigenvalue weighted by molar-refractivity contribution is -0.00195. The molecule has 4 nitrogen and oxygen atoms in total. The molecular formula is C13H27N3O. The van der Waals surface area contributed by atoms with Crippen LogP contribution in [0.4, 0.5) is 0 Å². The van der Waals surface area contributed by atoms with Crippen LogP contribution in [0.5, 0.6) is 0 Å². The molecule has 0 aromatic carbocycles. The van der Waals surface area contributed by atoms with Gasteiger partial charge in [0.1, 0.15) is 0 Å². The smallest absolute Gasteiger partial charge is 0.0509 e. The zero-order valence-electron chi connectivity index (χ0n) is 11.1. The lowest BCUT2D eigenvalue weighted by Crippen LogP contribution is -2.55. The van der Waals surface area contributed by atoms with Crippen LogP contribution in [0.25, 0.3) is 0 Å². The highest BCUT2D eigenvalue weighted by Gasteiger charge is 2.30. The van der Waals surface area contributed by atoms with E-state index in [0.717, 1.165) is 19.8 Å². The molecule has 2 N–H and O–H groups in total. The summed E-state index contributed by atoms with van der Waals surface area (Å²) in [4.78, 5) is 5.10. The quantitative estimate of drug-likeness (QED) is 0.772. The molecule has 0 aromatic rings. The first-order valence-corrected chi connectivity index (χ1v) is 7.09. The van der Waals surface area contributed by atoms with Gasteiger partial charge in [-0.05, 0) is 25.3 Å². The Balaban J connectivity index is 1.85. The van der Waals surface area contributed by atoms with Gasteiger partial charge in [0, 0.05) is 45.4 Å². The number of hydrogen-bond acceptors (Lipinski definition) is 4. The Morgan fingerprint density at radius 1 is 1.29 bits per heavy atom. The van der Waals surface area contributed by atoms with Crippen molar-refractivity contribution in [3.63, 3.8) is 0 Å². The van der Waals surface area contributed by atoms with Gasteiger partial charge in [0.15, 0.2) is 0 Å². The van der Waals surface area contributed by atoms with Gasteiger partial charge in [-0.2, -0.15) is 0 Å². The van der Waals surface area contributed by atoms with Crippen LogP contribution in [-0.4, -0.2) is 68.3 Å². The van der Waals surface area contributed by atoms with Crippen molar-refractivity contribution in [2.75, 3.05) is 52.5 Å². The Kier molecular flexibility index (Phi) is 5.22. The summed E-state index contributed by atoms with van der Waals surface area (Å²) in [6, 6.07) is 0.536. The molecule has 4 heteroatoms. The number of nitrogens with zero attached hydrogens (tertiary/aromatic N) is 2. The Hall–Kier alpha value is -0.160. The van der Waals surface area contributed by atoms with Crippen LogP contribution in [0.1, 0.15) is 19.8 Å². The summed E-state index contributed by atoms with van der Waals surface area (Å²) < 4.78 is 5.61.